The predicted octanol–water partition coefficient (Wildman–Crippen LogP) is 4.44. The Kier molecular flexibility index (Phi) is 5.27. The van der Waals surface area contributed by atoms with Crippen molar-refractivity contribution in [3.8, 4) is 5.75 Å². The van der Waals surface area contributed by atoms with E-state index < -0.39 is 17.7 Å². The number of ketones is 1. The molecule has 2 aromatic carbocycles. The highest BCUT2D eigenvalue weighted by Crippen LogP contribution is 2.42. The third kappa shape index (κ3) is 3.28. The average molecular weight is 379 g/mol. The van der Waals surface area contributed by atoms with E-state index in [1.54, 1.807) is 33.1 Å². The number of carbonyl (C=O) groups is 2. The molecule has 1 amide bonds. The second-order valence-electron chi connectivity index (χ2n) is 7.40. The van der Waals surface area contributed by atoms with Crippen LogP contribution in [0.1, 0.15) is 36.6 Å². The highest BCUT2D eigenvalue weighted by Gasteiger charge is 2.44. The van der Waals surface area contributed by atoms with Crippen LogP contribution in [0.25, 0.3) is 0 Å². The molecular weight excluding hydrogens is 354 g/mol. The number of amides is 1. The molecule has 1 unspecified atom stereocenters. The normalized spacial score (nSPS) is 16.9. The molecule has 1 heterocycles. The first-order chi connectivity index (χ1) is 13.3. The molecule has 0 saturated heterocycles. The van der Waals surface area contributed by atoms with Crippen LogP contribution >= 0.6 is 0 Å². The molecule has 0 saturated carbocycles. The summed E-state index contributed by atoms with van der Waals surface area (Å²) in [5.74, 6) is -0.940. The molecule has 3 rings (SSSR count). The van der Waals surface area contributed by atoms with Gasteiger partial charge in [-0.1, -0.05) is 32.0 Å². The van der Waals surface area contributed by atoms with Crippen LogP contribution < -0.4 is 9.64 Å². The number of ether oxygens (including phenoxy) is 1. The Morgan fingerprint density at radius 2 is 1.71 bits per heavy atom. The molecule has 1 N–H and O–H groups in total. The Balaban J connectivity index is 2.18. The fourth-order valence-electron chi connectivity index (χ4n) is 3.41. The third-order valence-electron chi connectivity index (χ3n) is 5.20. The summed E-state index contributed by atoms with van der Waals surface area (Å²) in [5, 5.41) is 10.6. The Labute approximate surface area is 165 Å². The van der Waals surface area contributed by atoms with Crippen LogP contribution in [0.3, 0.4) is 0 Å². The van der Waals surface area contributed by atoms with Gasteiger partial charge in [-0.25, -0.2) is 0 Å². The van der Waals surface area contributed by atoms with Crippen molar-refractivity contribution >= 4 is 17.4 Å². The molecule has 2 aromatic rings. The maximum Gasteiger partial charge on any atom is 0.294 e. The Hall–Kier alpha value is -3.08. The largest absolute Gasteiger partial charge is 0.503 e. The number of aliphatic hydroxyl groups excluding tert-OH is 1. The lowest BCUT2D eigenvalue weighted by atomic mass is 9.91. The number of Topliss-reactive ketones (excluding diaryl/α,β-unsaturated/α-hetero) is 1. The first-order valence-corrected chi connectivity index (χ1v) is 9.28. The smallest absolute Gasteiger partial charge is 0.294 e. The molecule has 1 aliphatic heterocycles. The summed E-state index contributed by atoms with van der Waals surface area (Å²) >= 11 is 0. The van der Waals surface area contributed by atoms with Gasteiger partial charge in [-0.05, 0) is 54.8 Å². The molecule has 0 aromatic heterocycles. The van der Waals surface area contributed by atoms with Gasteiger partial charge in [0.05, 0.1) is 18.7 Å². The summed E-state index contributed by atoms with van der Waals surface area (Å²) < 4.78 is 5.22. The zero-order valence-corrected chi connectivity index (χ0v) is 16.8. The van der Waals surface area contributed by atoms with Crippen molar-refractivity contribution in [3.63, 3.8) is 0 Å². The number of carbonyl (C=O) groups excluding carboxylic acids is 2. The van der Waals surface area contributed by atoms with E-state index in [1.807, 2.05) is 44.2 Å². The fraction of sp³-hybridized carbons (Fsp3) is 0.304. The summed E-state index contributed by atoms with van der Waals surface area (Å²) in [6.45, 7) is 7.48. The highest BCUT2D eigenvalue weighted by atomic mass is 16.5. The van der Waals surface area contributed by atoms with Gasteiger partial charge >= 0.3 is 0 Å². The molecule has 0 aliphatic carbocycles. The summed E-state index contributed by atoms with van der Waals surface area (Å²) in [6, 6.07) is 12.2. The molecule has 5 heteroatoms. The molecule has 28 heavy (non-hydrogen) atoms. The molecular formula is C23H25NO4. The molecule has 1 atom stereocenters. The number of aliphatic hydroxyl groups is 1. The van der Waals surface area contributed by atoms with Crippen LogP contribution in [-0.4, -0.2) is 23.9 Å². The van der Waals surface area contributed by atoms with E-state index in [-0.39, 0.29) is 17.3 Å². The zero-order valence-electron chi connectivity index (χ0n) is 16.8. The number of nitrogens with zero attached hydrogens (tertiary/aromatic N) is 1. The summed E-state index contributed by atoms with van der Waals surface area (Å²) in [5.41, 5.74) is 3.66. The lowest BCUT2D eigenvalue weighted by Gasteiger charge is -2.28. The van der Waals surface area contributed by atoms with Gasteiger partial charge < -0.3 is 9.84 Å². The second-order valence-corrected chi connectivity index (χ2v) is 7.40. The Morgan fingerprint density at radius 3 is 2.25 bits per heavy atom. The number of benzene rings is 2. The van der Waals surface area contributed by atoms with Gasteiger partial charge in [0.1, 0.15) is 5.75 Å². The monoisotopic (exact) mass is 379 g/mol. The average Bonchev–Trinajstić information content (AvgIpc) is 2.94. The quantitative estimate of drug-likeness (QED) is 0.834. The minimum atomic E-state index is -0.685. The number of rotatable bonds is 5. The van der Waals surface area contributed by atoms with E-state index in [0.29, 0.717) is 11.4 Å². The number of hydrogen-bond donors (Lipinski definition) is 1. The van der Waals surface area contributed by atoms with Crippen molar-refractivity contribution in [1.29, 1.82) is 0 Å². The summed E-state index contributed by atoms with van der Waals surface area (Å²) in [4.78, 5) is 27.4. The molecule has 1 aliphatic rings. The van der Waals surface area contributed by atoms with E-state index in [4.69, 9.17) is 4.74 Å². The van der Waals surface area contributed by atoms with Gasteiger partial charge in [-0.3, -0.25) is 14.5 Å². The lowest BCUT2D eigenvalue weighted by Crippen LogP contribution is -2.31. The summed E-state index contributed by atoms with van der Waals surface area (Å²) in [7, 11) is 1.58. The number of anilines is 1. The van der Waals surface area contributed by atoms with Crippen molar-refractivity contribution in [2.75, 3.05) is 12.0 Å². The SMILES string of the molecule is COc1ccc(C2C(C(=O)C(C)C)=C(O)C(=O)N2c2ccc(C)c(C)c2)cc1. The first kappa shape index (κ1) is 19.7. The van der Waals surface area contributed by atoms with Crippen LogP contribution in [0.2, 0.25) is 0 Å². The van der Waals surface area contributed by atoms with Crippen LogP contribution in [-0.2, 0) is 9.59 Å². The van der Waals surface area contributed by atoms with E-state index in [9.17, 15) is 14.7 Å². The maximum absolute atomic E-state index is 13.0. The van der Waals surface area contributed by atoms with Crippen LogP contribution in [0.5, 0.6) is 5.75 Å². The van der Waals surface area contributed by atoms with E-state index in [2.05, 4.69) is 0 Å². The zero-order chi connectivity index (χ0) is 20.6. The standard InChI is InChI=1S/C23H25NO4/c1-13(2)21(25)19-20(16-7-10-18(28-5)11-8-16)24(23(27)22(19)26)17-9-6-14(3)15(4)12-17/h6-13,20,26H,1-5H3. The minimum absolute atomic E-state index is 0.142. The second kappa shape index (κ2) is 7.50. The predicted molar refractivity (Wildman–Crippen MR) is 109 cm³/mol. The van der Waals surface area contributed by atoms with Crippen molar-refractivity contribution < 1.29 is 19.4 Å². The maximum atomic E-state index is 13.0. The van der Waals surface area contributed by atoms with Crippen molar-refractivity contribution in [3.05, 3.63) is 70.5 Å². The molecule has 0 fully saturated rings. The van der Waals surface area contributed by atoms with Crippen molar-refractivity contribution in [2.45, 2.75) is 33.7 Å². The van der Waals surface area contributed by atoms with Gasteiger partial charge in [0, 0.05) is 11.6 Å². The van der Waals surface area contributed by atoms with Gasteiger partial charge in [0.25, 0.3) is 5.91 Å². The Morgan fingerprint density at radius 1 is 1.07 bits per heavy atom. The van der Waals surface area contributed by atoms with Gasteiger partial charge in [0.2, 0.25) is 0 Å². The molecule has 0 spiro atoms. The van der Waals surface area contributed by atoms with Gasteiger partial charge in [0.15, 0.2) is 11.5 Å². The fourth-order valence-corrected chi connectivity index (χ4v) is 3.41. The first-order valence-electron chi connectivity index (χ1n) is 9.28. The van der Waals surface area contributed by atoms with Gasteiger partial charge in [-0.15, -0.1) is 0 Å². The van der Waals surface area contributed by atoms with E-state index in [1.165, 1.54) is 4.90 Å². The van der Waals surface area contributed by atoms with E-state index >= 15 is 0 Å². The van der Waals surface area contributed by atoms with E-state index in [0.717, 1.165) is 16.7 Å². The lowest BCUT2D eigenvalue weighted by molar-refractivity contribution is -0.119. The van der Waals surface area contributed by atoms with Crippen LogP contribution in [0.15, 0.2) is 53.8 Å². The summed E-state index contributed by atoms with van der Waals surface area (Å²) in [6.07, 6.45) is 0. The number of aryl methyl sites for hydroxylation is 2. The number of methoxy groups -OCH3 is 1. The highest BCUT2D eigenvalue weighted by molar-refractivity contribution is 6.16. The minimum Gasteiger partial charge on any atom is -0.503 e. The van der Waals surface area contributed by atoms with Crippen molar-refractivity contribution in [1.82, 2.24) is 0 Å². The topological polar surface area (TPSA) is 66.8 Å². The molecule has 0 radical (unpaired) electrons. The molecule has 0 bridgehead atoms. The Bertz CT molecular complexity index is 957. The van der Waals surface area contributed by atoms with Crippen molar-refractivity contribution in [2.24, 2.45) is 5.92 Å². The molecule has 5 nitrogen and oxygen atoms in total. The van der Waals surface area contributed by atoms with Crippen LogP contribution in [0.4, 0.5) is 5.69 Å². The van der Waals surface area contributed by atoms with Crippen LogP contribution in [0, 0.1) is 19.8 Å². The third-order valence-corrected chi connectivity index (χ3v) is 5.20. The molecule has 146 valence electrons. The number of hydrogen-bond acceptors (Lipinski definition) is 4. The van der Waals surface area contributed by atoms with Gasteiger partial charge in [-0.2, -0.15) is 0 Å².